The Morgan fingerprint density at radius 2 is 1.81 bits per heavy atom. The molecule has 0 saturated carbocycles. The highest BCUT2D eigenvalue weighted by molar-refractivity contribution is 6.36. The Labute approximate surface area is 135 Å². The predicted octanol–water partition coefficient (Wildman–Crippen LogP) is 5.26. The van der Waals surface area contributed by atoms with E-state index < -0.39 is 0 Å². The molecule has 0 radical (unpaired) electrons. The number of carbonyl (C=O) groups is 1. The van der Waals surface area contributed by atoms with Crippen molar-refractivity contribution in [1.82, 2.24) is 0 Å². The van der Waals surface area contributed by atoms with E-state index in [2.05, 4.69) is 36.5 Å². The maximum absolute atomic E-state index is 11.9. The molecule has 0 heterocycles. The van der Waals surface area contributed by atoms with Crippen molar-refractivity contribution in [3.63, 3.8) is 0 Å². The Hall–Kier alpha value is -1.51. The highest BCUT2D eigenvalue weighted by Gasteiger charge is 2.06. The van der Waals surface area contributed by atoms with Crippen molar-refractivity contribution < 1.29 is 4.79 Å². The normalized spacial score (nSPS) is 10.4. The molecule has 1 N–H and O–H groups in total. The fourth-order valence-corrected chi connectivity index (χ4v) is 2.47. The summed E-state index contributed by atoms with van der Waals surface area (Å²) in [6.07, 6.45) is 2.16. The van der Waals surface area contributed by atoms with Crippen LogP contribution in [0.4, 0.5) is 5.69 Å². The summed E-state index contributed by atoms with van der Waals surface area (Å²) in [7, 11) is 0. The number of rotatable bonds is 5. The van der Waals surface area contributed by atoms with Crippen molar-refractivity contribution >= 4 is 34.8 Å². The Bertz CT molecular complexity index is 623. The molecule has 0 aliphatic rings. The Kier molecular flexibility index (Phi) is 5.66. The molecule has 0 saturated heterocycles. The zero-order valence-corrected chi connectivity index (χ0v) is 13.3. The van der Waals surface area contributed by atoms with E-state index in [-0.39, 0.29) is 5.91 Å². The van der Waals surface area contributed by atoms with Gasteiger partial charge in [0.1, 0.15) is 0 Å². The lowest BCUT2D eigenvalue weighted by atomic mass is 10.1. The van der Waals surface area contributed by atoms with Gasteiger partial charge in [-0.25, -0.2) is 0 Å². The topological polar surface area (TPSA) is 29.1 Å². The van der Waals surface area contributed by atoms with E-state index in [4.69, 9.17) is 23.2 Å². The summed E-state index contributed by atoms with van der Waals surface area (Å²) in [5.74, 6) is -0.0358. The van der Waals surface area contributed by atoms with E-state index >= 15 is 0 Å². The molecule has 0 aliphatic carbocycles. The van der Waals surface area contributed by atoms with Gasteiger partial charge in [-0.1, -0.05) is 53.0 Å². The first kappa shape index (κ1) is 15.9. The number of aryl methyl sites for hydroxylation is 2. The highest BCUT2D eigenvalue weighted by Crippen LogP contribution is 2.25. The van der Waals surface area contributed by atoms with Gasteiger partial charge in [-0.3, -0.25) is 4.79 Å². The Morgan fingerprint density at radius 3 is 2.48 bits per heavy atom. The van der Waals surface area contributed by atoms with Crippen LogP contribution in [-0.2, 0) is 11.2 Å². The fraction of sp³-hybridized carbons (Fsp3) is 0.235. The minimum Gasteiger partial charge on any atom is -0.325 e. The number of carbonyl (C=O) groups excluding carboxylic acids is 1. The van der Waals surface area contributed by atoms with Gasteiger partial charge in [-0.05, 0) is 43.5 Å². The molecule has 0 aliphatic heterocycles. The second-order valence-electron chi connectivity index (χ2n) is 5.01. The first-order chi connectivity index (χ1) is 10.0. The maximum atomic E-state index is 11.9. The van der Waals surface area contributed by atoms with Gasteiger partial charge in [0.15, 0.2) is 0 Å². The van der Waals surface area contributed by atoms with Crippen LogP contribution in [0.2, 0.25) is 10.0 Å². The van der Waals surface area contributed by atoms with Gasteiger partial charge < -0.3 is 5.32 Å². The third kappa shape index (κ3) is 5.07. The van der Waals surface area contributed by atoms with Gasteiger partial charge in [0.2, 0.25) is 5.91 Å². The summed E-state index contributed by atoms with van der Waals surface area (Å²) in [5, 5.41) is 3.81. The van der Waals surface area contributed by atoms with Crippen molar-refractivity contribution in [3.05, 3.63) is 63.6 Å². The van der Waals surface area contributed by atoms with Crippen LogP contribution in [0.25, 0.3) is 0 Å². The molecule has 4 heteroatoms. The molecule has 0 bridgehead atoms. The third-order valence-electron chi connectivity index (χ3n) is 3.20. The van der Waals surface area contributed by atoms with Crippen LogP contribution >= 0.6 is 23.2 Å². The number of benzene rings is 2. The van der Waals surface area contributed by atoms with Crippen LogP contribution in [0, 0.1) is 6.92 Å². The molecule has 2 rings (SSSR count). The molecule has 0 fully saturated rings. The van der Waals surface area contributed by atoms with Crippen LogP contribution in [0.1, 0.15) is 24.0 Å². The summed E-state index contributed by atoms with van der Waals surface area (Å²) < 4.78 is 0. The molecule has 1 amide bonds. The Balaban J connectivity index is 1.81. The van der Waals surface area contributed by atoms with Crippen LogP contribution < -0.4 is 5.32 Å². The van der Waals surface area contributed by atoms with Gasteiger partial charge in [0, 0.05) is 11.4 Å². The first-order valence-corrected chi connectivity index (χ1v) is 7.60. The third-order valence-corrected chi connectivity index (χ3v) is 3.74. The fourth-order valence-electron chi connectivity index (χ4n) is 2.01. The molecular formula is C17H17Cl2NO. The number of hydrogen-bond donors (Lipinski definition) is 1. The van der Waals surface area contributed by atoms with Crippen molar-refractivity contribution in [2.75, 3.05) is 5.32 Å². The van der Waals surface area contributed by atoms with Gasteiger partial charge in [0.05, 0.1) is 10.7 Å². The summed E-state index contributed by atoms with van der Waals surface area (Å²) in [6, 6.07) is 13.4. The van der Waals surface area contributed by atoms with Crippen LogP contribution in [-0.4, -0.2) is 5.91 Å². The van der Waals surface area contributed by atoms with Crippen LogP contribution in [0.5, 0.6) is 0 Å². The summed E-state index contributed by atoms with van der Waals surface area (Å²) in [5.41, 5.74) is 3.09. The number of amides is 1. The quantitative estimate of drug-likeness (QED) is 0.799. The van der Waals surface area contributed by atoms with Gasteiger partial charge in [-0.15, -0.1) is 0 Å². The Morgan fingerprint density at radius 1 is 1.10 bits per heavy atom. The number of anilines is 1. The molecule has 21 heavy (non-hydrogen) atoms. The lowest BCUT2D eigenvalue weighted by molar-refractivity contribution is -0.116. The van der Waals surface area contributed by atoms with Crippen molar-refractivity contribution in [3.8, 4) is 0 Å². The number of halogens is 2. The largest absolute Gasteiger partial charge is 0.325 e. The standard InChI is InChI=1S/C17H17Cl2NO/c1-12-5-7-13(8-6-12)3-2-4-17(21)20-16-10-9-14(18)11-15(16)19/h5-11H,2-4H2,1H3,(H,20,21). The number of nitrogens with one attached hydrogen (secondary N) is 1. The van der Waals surface area contributed by atoms with Crippen molar-refractivity contribution in [2.24, 2.45) is 0 Å². The molecular weight excluding hydrogens is 305 g/mol. The molecule has 2 aromatic carbocycles. The van der Waals surface area contributed by atoms with E-state index in [0.29, 0.717) is 22.2 Å². The average molecular weight is 322 g/mol. The molecule has 0 spiro atoms. The van der Waals surface area contributed by atoms with Gasteiger partial charge in [-0.2, -0.15) is 0 Å². The van der Waals surface area contributed by atoms with E-state index in [9.17, 15) is 4.79 Å². The van der Waals surface area contributed by atoms with E-state index in [1.807, 2.05) is 0 Å². The molecule has 0 unspecified atom stereocenters. The molecule has 2 aromatic rings. The van der Waals surface area contributed by atoms with Crippen molar-refractivity contribution in [1.29, 1.82) is 0 Å². The highest BCUT2D eigenvalue weighted by atomic mass is 35.5. The van der Waals surface area contributed by atoms with Crippen molar-refractivity contribution in [2.45, 2.75) is 26.2 Å². The molecule has 0 atom stereocenters. The maximum Gasteiger partial charge on any atom is 0.224 e. The van der Waals surface area contributed by atoms with E-state index in [1.54, 1.807) is 18.2 Å². The monoisotopic (exact) mass is 321 g/mol. The summed E-state index contributed by atoms with van der Waals surface area (Å²) in [4.78, 5) is 11.9. The smallest absolute Gasteiger partial charge is 0.224 e. The lowest BCUT2D eigenvalue weighted by Gasteiger charge is -2.07. The lowest BCUT2D eigenvalue weighted by Crippen LogP contribution is -2.11. The SMILES string of the molecule is Cc1ccc(CCCC(=O)Nc2ccc(Cl)cc2Cl)cc1. The van der Waals surface area contributed by atoms with Crippen LogP contribution in [0.15, 0.2) is 42.5 Å². The van der Waals surface area contributed by atoms with Gasteiger partial charge >= 0.3 is 0 Å². The second kappa shape index (κ2) is 7.48. The van der Waals surface area contributed by atoms with E-state index in [0.717, 1.165) is 12.8 Å². The second-order valence-corrected chi connectivity index (χ2v) is 5.86. The molecule has 110 valence electrons. The molecule has 0 aromatic heterocycles. The minimum atomic E-state index is -0.0358. The molecule has 2 nitrogen and oxygen atoms in total. The minimum absolute atomic E-state index is 0.0358. The van der Waals surface area contributed by atoms with Crippen LogP contribution in [0.3, 0.4) is 0 Å². The first-order valence-electron chi connectivity index (χ1n) is 6.85. The average Bonchev–Trinajstić information content (AvgIpc) is 2.44. The van der Waals surface area contributed by atoms with Gasteiger partial charge in [0.25, 0.3) is 0 Å². The number of hydrogen-bond acceptors (Lipinski definition) is 1. The summed E-state index contributed by atoms with van der Waals surface area (Å²) >= 11 is 11.8. The van der Waals surface area contributed by atoms with E-state index in [1.165, 1.54) is 11.1 Å². The predicted molar refractivity (Wildman–Crippen MR) is 89.2 cm³/mol. The zero-order chi connectivity index (χ0) is 15.2. The zero-order valence-electron chi connectivity index (χ0n) is 11.8. The summed E-state index contributed by atoms with van der Waals surface area (Å²) in [6.45, 7) is 2.06.